The van der Waals surface area contributed by atoms with E-state index in [0.717, 1.165) is 12.1 Å². The first-order chi connectivity index (χ1) is 13.1. The van der Waals surface area contributed by atoms with Crippen molar-refractivity contribution in [2.24, 2.45) is 5.73 Å². The lowest BCUT2D eigenvalue weighted by Crippen LogP contribution is -2.32. The highest BCUT2D eigenvalue weighted by Crippen LogP contribution is 2.24. The van der Waals surface area contributed by atoms with Crippen LogP contribution in [-0.2, 0) is 11.4 Å². The van der Waals surface area contributed by atoms with E-state index in [2.05, 4.69) is 26.2 Å². The summed E-state index contributed by atoms with van der Waals surface area (Å²) in [5, 5.41) is 2.98. The van der Waals surface area contributed by atoms with Crippen molar-refractivity contribution in [3.63, 3.8) is 0 Å². The highest BCUT2D eigenvalue weighted by molar-refractivity contribution is 9.10. The topological polar surface area (TPSA) is 99.2 Å². The van der Waals surface area contributed by atoms with Crippen molar-refractivity contribution < 1.29 is 18.3 Å². The van der Waals surface area contributed by atoms with Crippen molar-refractivity contribution in [3.8, 4) is 5.88 Å². The third-order valence-electron chi connectivity index (χ3n) is 3.81. The van der Waals surface area contributed by atoms with Crippen LogP contribution < -0.4 is 21.3 Å². The molecule has 2 aromatic rings. The lowest BCUT2D eigenvalue weighted by Gasteiger charge is -2.21. The van der Waals surface area contributed by atoms with Gasteiger partial charge in [-0.05, 0) is 48.8 Å². The Morgan fingerprint density at radius 3 is 2.61 bits per heavy atom. The molecular weight excluding hydrogens is 438 g/mol. The molecule has 152 valence electrons. The zero-order valence-corrected chi connectivity index (χ0v) is 17.2. The fourth-order valence-corrected chi connectivity index (χ4v) is 2.92. The summed E-state index contributed by atoms with van der Waals surface area (Å²) >= 11 is 3.17. The first kappa shape index (κ1) is 21.8. The van der Waals surface area contributed by atoms with Crippen LogP contribution in [0.2, 0.25) is 0 Å². The first-order valence-corrected chi connectivity index (χ1v) is 9.33. The van der Waals surface area contributed by atoms with Crippen LogP contribution in [0.15, 0.2) is 27.5 Å². The Balaban J connectivity index is 2.36. The van der Waals surface area contributed by atoms with Gasteiger partial charge in [-0.3, -0.25) is 14.2 Å². The molecule has 10 heteroatoms. The van der Waals surface area contributed by atoms with Crippen LogP contribution in [0.5, 0.6) is 5.88 Å². The molecule has 0 saturated heterocycles. The lowest BCUT2D eigenvalue weighted by molar-refractivity contribution is -0.118. The normalized spacial score (nSPS) is 12.1. The average molecular weight is 459 g/mol. The van der Waals surface area contributed by atoms with Crippen molar-refractivity contribution in [2.75, 3.05) is 5.32 Å². The van der Waals surface area contributed by atoms with Crippen molar-refractivity contribution in [2.45, 2.75) is 45.9 Å². The summed E-state index contributed by atoms with van der Waals surface area (Å²) in [6.45, 7) is 5.07. The fraction of sp³-hybridized carbons (Fsp3) is 0.389. The first-order valence-electron chi connectivity index (χ1n) is 8.53. The molecule has 1 unspecified atom stereocenters. The Labute approximate surface area is 169 Å². The molecule has 0 aliphatic rings. The number of nitrogens with two attached hydrogens (primary N) is 1. The molecule has 1 aromatic heterocycles. The third kappa shape index (κ3) is 5.28. The zero-order valence-electron chi connectivity index (χ0n) is 15.6. The lowest BCUT2D eigenvalue weighted by atomic mass is 10.2. The summed E-state index contributed by atoms with van der Waals surface area (Å²) < 4.78 is 33.8. The van der Waals surface area contributed by atoms with Gasteiger partial charge in [-0.1, -0.05) is 0 Å². The van der Waals surface area contributed by atoms with E-state index in [1.165, 1.54) is 10.6 Å². The largest absolute Gasteiger partial charge is 0.472 e. The Hall–Kier alpha value is -2.49. The van der Waals surface area contributed by atoms with Gasteiger partial charge in [0.1, 0.15) is 22.7 Å². The van der Waals surface area contributed by atoms with Gasteiger partial charge in [-0.15, -0.1) is 0 Å². The van der Waals surface area contributed by atoms with Crippen LogP contribution in [0.1, 0.15) is 38.8 Å². The maximum atomic E-state index is 13.8. The van der Waals surface area contributed by atoms with Crippen LogP contribution in [0.3, 0.4) is 0 Å². The molecule has 0 aliphatic carbocycles. The number of hydrogen-bond donors (Lipinski definition) is 2. The molecular formula is C18H21BrF2N4O3. The van der Waals surface area contributed by atoms with E-state index < -0.39 is 23.1 Å². The van der Waals surface area contributed by atoms with Gasteiger partial charge in [0, 0.05) is 30.1 Å². The van der Waals surface area contributed by atoms with E-state index in [-0.39, 0.29) is 47.0 Å². The second kappa shape index (κ2) is 9.13. The quantitative estimate of drug-likeness (QED) is 0.632. The second-order valence-corrected chi connectivity index (χ2v) is 7.36. The summed E-state index contributed by atoms with van der Waals surface area (Å²) in [7, 11) is 0. The number of anilines is 1. The molecule has 0 saturated carbocycles. The van der Waals surface area contributed by atoms with E-state index >= 15 is 0 Å². The Bertz CT molecular complexity index is 934. The number of benzene rings is 1. The van der Waals surface area contributed by atoms with Crippen LogP contribution in [0, 0.1) is 11.6 Å². The second-order valence-electron chi connectivity index (χ2n) is 6.56. The predicted molar refractivity (Wildman–Crippen MR) is 104 cm³/mol. The highest BCUT2D eigenvalue weighted by atomic mass is 79.9. The molecule has 0 spiro atoms. The molecule has 2 rings (SSSR count). The standard InChI is InChI=1S/C18H21BrF2N4O3/c1-9(2)25-17(27)15(19)16(24-18(25)23-10(3)6-14(22)26)28-8-11-4-5-12(20)7-13(11)21/h4-5,7,9-10H,6,8H2,1-3H3,(H2,22,26)(H,23,24). The number of carbonyl (C=O) groups excluding carboxylic acids is 1. The van der Waals surface area contributed by atoms with Crippen molar-refractivity contribution >= 4 is 27.8 Å². The number of carbonyl (C=O) groups is 1. The zero-order chi connectivity index (χ0) is 21.0. The van der Waals surface area contributed by atoms with Crippen molar-refractivity contribution in [3.05, 3.63) is 50.2 Å². The van der Waals surface area contributed by atoms with E-state index in [1.54, 1.807) is 20.8 Å². The van der Waals surface area contributed by atoms with E-state index in [4.69, 9.17) is 10.5 Å². The molecule has 1 heterocycles. The van der Waals surface area contributed by atoms with E-state index in [1.807, 2.05) is 0 Å². The number of primary amides is 1. The van der Waals surface area contributed by atoms with E-state index in [0.29, 0.717) is 0 Å². The number of amides is 1. The summed E-state index contributed by atoms with van der Waals surface area (Å²) in [5.74, 6) is -1.83. The number of aromatic nitrogens is 2. The molecule has 1 aromatic carbocycles. The Kier molecular flexibility index (Phi) is 7.11. The molecule has 0 radical (unpaired) electrons. The summed E-state index contributed by atoms with van der Waals surface area (Å²) in [5.41, 5.74) is 4.91. The fourth-order valence-electron chi connectivity index (χ4n) is 2.53. The van der Waals surface area contributed by atoms with Gasteiger partial charge in [0.25, 0.3) is 5.56 Å². The van der Waals surface area contributed by atoms with Crippen LogP contribution in [-0.4, -0.2) is 21.5 Å². The number of rotatable bonds is 8. The van der Waals surface area contributed by atoms with Crippen molar-refractivity contribution in [1.29, 1.82) is 0 Å². The van der Waals surface area contributed by atoms with Gasteiger partial charge in [-0.2, -0.15) is 4.98 Å². The summed E-state index contributed by atoms with van der Waals surface area (Å²) in [6, 6.07) is 2.50. The van der Waals surface area contributed by atoms with Gasteiger partial charge in [0.2, 0.25) is 17.7 Å². The third-order valence-corrected chi connectivity index (χ3v) is 4.49. The van der Waals surface area contributed by atoms with Gasteiger partial charge in [-0.25, -0.2) is 8.78 Å². The SMILES string of the molecule is CC(CC(N)=O)Nc1nc(OCc2ccc(F)cc2F)c(Br)c(=O)n1C(C)C. The van der Waals surface area contributed by atoms with Gasteiger partial charge in [0.15, 0.2) is 0 Å². The maximum Gasteiger partial charge on any atom is 0.273 e. The smallest absolute Gasteiger partial charge is 0.273 e. The molecule has 3 N–H and O–H groups in total. The number of ether oxygens (including phenoxy) is 1. The molecule has 7 nitrogen and oxygen atoms in total. The number of nitrogens with zero attached hydrogens (tertiary/aromatic N) is 2. The summed E-state index contributed by atoms with van der Waals surface area (Å²) in [6.07, 6.45) is 0.0427. The molecule has 28 heavy (non-hydrogen) atoms. The molecule has 1 atom stereocenters. The van der Waals surface area contributed by atoms with Crippen LogP contribution >= 0.6 is 15.9 Å². The Morgan fingerprint density at radius 2 is 2.04 bits per heavy atom. The highest BCUT2D eigenvalue weighted by Gasteiger charge is 2.20. The monoisotopic (exact) mass is 458 g/mol. The summed E-state index contributed by atoms with van der Waals surface area (Å²) in [4.78, 5) is 28.1. The number of hydrogen-bond acceptors (Lipinski definition) is 5. The number of halogens is 3. The van der Waals surface area contributed by atoms with Crippen LogP contribution in [0.4, 0.5) is 14.7 Å². The van der Waals surface area contributed by atoms with Crippen molar-refractivity contribution in [1.82, 2.24) is 9.55 Å². The van der Waals surface area contributed by atoms with Gasteiger partial charge in [0.05, 0.1) is 0 Å². The molecule has 0 aliphatic heterocycles. The molecule has 0 bridgehead atoms. The van der Waals surface area contributed by atoms with Crippen LogP contribution in [0.25, 0.3) is 0 Å². The van der Waals surface area contributed by atoms with Gasteiger partial charge < -0.3 is 15.8 Å². The Morgan fingerprint density at radius 1 is 1.36 bits per heavy atom. The predicted octanol–water partition coefficient (Wildman–Crippen LogP) is 3.12. The minimum atomic E-state index is -0.764. The molecule has 0 fully saturated rings. The molecule has 1 amide bonds. The minimum absolute atomic E-state index is 0.0427. The minimum Gasteiger partial charge on any atom is -0.472 e. The maximum absolute atomic E-state index is 13.8. The average Bonchev–Trinajstić information content (AvgIpc) is 2.57. The number of nitrogens with one attached hydrogen (secondary N) is 1. The van der Waals surface area contributed by atoms with E-state index in [9.17, 15) is 18.4 Å². The van der Waals surface area contributed by atoms with Gasteiger partial charge >= 0.3 is 0 Å².